The van der Waals surface area contributed by atoms with Crippen molar-refractivity contribution in [2.24, 2.45) is 10.9 Å². The summed E-state index contributed by atoms with van der Waals surface area (Å²) in [4.78, 5) is 4.46. The maximum Gasteiger partial charge on any atom is 0.191 e. The van der Waals surface area contributed by atoms with E-state index in [0.717, 1.165) is 19.1 Å². The molecule has 1 aliphatic carbocycles. The normalized spacial score (nSPS) is 16.9. The standard InChI is InChI=1S/C15H31N3O3.HI/c1-5-16-14(18-11-15(2,3)20-4)17-8-13(19)10-21-9-12-6-7-12;/h12-13,19H,5-11H2,1-4H3,(H2,16,17,18);1H. The van der Waals surface area contributed by atoms with Crippen LogP contribution in [0, 0.1) is 5.92 Å². The second kappa shape index (κ2) is 11.4. The second-order valence-corrected chi connectivity index (χ2v) is 6.17. The molecule has 3 N–H and O–H groups in total. The summed E-state index contributed by atoms with van der Waals surface area (Å²) < 4.78 is 10.8. The van der Waals surface area contributed by atoms with E-state index in [0.29, 0.717) is 25.7 Å². The van der Waals surface area contributed by atoms with Gasteiger partial charge in [-0.25, -0.2) is 0 Å². The van der Waals surface area contributed by atoms with Gasteiger partial charge in [0.25, 0.3) is 0 Å². The van der Waals surface area contributed by atoms with Gasteiger partial charge in [0.1, 0.15) is 0 Å². The molecule has 1 unspecified atom stereocenters. The van der Waals surface area contributed by atoms with E-state index in [9.17, 15) is 5.11 Å². The fraction of sp³-hybridized carbons (Fsp3) is 0.933. The number of aliphatic imine (C=N–C) groups is 1. The van der Waals surface area contributed by atoms with Crippen molar-refractivity contribution in [3.63, 3.8) is 0 Å². The first-order valence-electron chi connectivity index (χ1n) is 7.80. The summed E-state index contributed by atoms with van der Waals surface area (Å²) >= 11 is 0. The number of nitrogens with zero attached hydrogens (tertiary/aromatic N) is 1. The highest BCUT2D eigenvalue weighted by molar-refractivity contribution is 14.0. The third-order valence-electron chi connectivity index (χ3n) is 3.38. The van der Waals surface area contributed by atoms with Crippen LogP contribution < -0.4 is 10.6 Å². The van der Waals surface area contributed by atoms with Gasteiger partial charge in [-0.15, -0.1) is 24.0 Å². The molecule has 1 atom stereocenters. The van der Waals surface area contributed by atoms with Gasteiger partial charge in [-0.05, 0) is 39.5 Å². The maximum absolute atomic E-state index is 9.88. The van der Waals surface area contributed by atoms with Crippen LogP contribution in [-0.4, -0.2) is 62.7 Å². The average Bonchev–Trinajstić information content (AvgIpc) is 3.26. The largest absolute Gasteiger partial charge is 0.389 e. The van der Waals surface area contributed by atoms with Gasteiger partial charge in [-0.3, -0.25) is 4.99 Å². The Morgan fingerprint density at radius 1 is 1.36 bits per heavy atom. The minimum atomic E-state index is -0.525. The van der Waals surface area contributed by atoms with E-state index in [-0.39, 0.29) is 29.6 Å². The predicted octanol–water partition coefficient (Wildman–Crippen LogP) is 1.37. The minimum Gasteiger partial charge on any atom is -0.389 e. The highest BCUT2D eigenvalue weighted by Crippen LogP contribution is 2.28. The average molecular weight is 429 g/mol. The van der Waals surface area contributed by atoms with Crippen LogP contribution in [-0.2, 0) is 9.47 Å². The molecule has 1 saturated carbocycles. The lowest BCUT2D eigenvalue weighted by Crippen LogP contribution is -2.43. The molecular formula is C15H32IN3O3. The van der Waals surface area contributed by atoms with Crippen molar-refractivity contribution in [2.75, 3.05) is 40.0 Å². The van der Waals surface area contributed by atoms with Crippen molar-refractivity contribution in [1.29, 1.82) is 0 Å². The predicted molar refractivity (Wildman–Crippen MR) is 100 cm³/mol. The molecule has 0 spiro atoms. The fourth-order valence-electron chi connectivity index (χ4n) is 1.60. The Morgan fingerprint density at radius 3 is 2.59 bits per heavy atom. The van der Waals surface area contributed by atoms with Gasteiger partial charge in [-0.1, -0.05) is 0 Å². The van der Waals surface area contributed by atoms with Crippen molar-refractivity contribution in [2.45, 2.75) is 45.3 Å². The van der Waals surface area contributed by atoms with E-state index >= 15 is 0 Å². The topological polar surface area (TPSA) is 75.1 Å². The van der Waals surface area contributed by atoms with Crippen LogP contribution >= 0.6 is 24.0 Å². The van der Waals surface area contributed by atoms with Gasteiger partial charge in [0.15, 0.2) is 5.96 Å². The smallest absolute Gasteiger partial charge is 0.191 e. The molecule has 132 valence electrons. The van der Waals surface area contributed by atoms with Crippen LogP contribution in [0.25, 0.3) is 0 Å². The fourth-order valence-corrected chi connectivity index (χ4v) is 1.60. The van der Waals surface area contributed by atoms with E-state index in [2.05, 4.69) is 15.6 Å². The molecular weight excluding hydrogens is 397 g/mol. The molecule has 1 aliphatic rings. The van der Waals surface area contributed by atoms with Crippen molar-refractivity contribution in [3.8, 4) is 0 Å². The third-order valence-corrected chi connectivity index (χ3v) is 3.38. The van der Waals surface area contributed by atoms with Crippen LogP contribution in [0.2, 0.25) is 0 Å². The summed E-state index contributed by atoms with van der Waals surface area (Å²) in [6, 6.07) is 0. The van der Waals surface area contributed by atoms with Crippen LogP contribution in [0.5, 0.6) is 0 Å². The molecule has 7 heteroatoms. The zero-order chi connectivity index (χ0) is 15.7. The van der Waals surface area contributed by atoms with Gasteiger partial charge in [0.2, 0.25) is 0 Å². The Labute approximate surface area is 151 Å². The van der Waals surface area contributed by atoms with Gasteiger partial charge in [0.05, 0.1) is 24.9 Å². The lowest BCUT2D eigenvalue weighted by atomic mass is 10.1. The first-order valence-corrected chi connectivity index (χ1v) is 7.80. The number of guanidine groups is 1. The molecule has 0 bridgehead atoms. The molecule has 0 saturated heterocycles. The molecule has 22 heavy (non-hydrogen) atoms. The monoisotopic (exact) mass is 429 g/mol. The molecule has 6 nitrogen and oxygen atoms in total. The third kappa shape index (κ3) is 10.6. The number of aliphatic hydroxyl groups is 1. The lowest BCUT2D eigenvalue weighted by Gasteiger charge is -2.21. The first-order chi connectivity index (χ1) is 9.96. The van der Waals surface area contributed by atoms with E-state index in [1.807, 2.05) is 20.8 Å². The van der Waals surface area contributed by atoms with Crippen LogP contribution in [0.3, 0.4) is 0 Å². The van der Waals surface area contributed by atoms with E-state index in [1.54, 1.807) is 7.11 Å². The number of nitrogens with one attached hydrogen (secondary N) is 2. The van der Waals surface area contributed by atoms with Crippen molar-refractivity contribution >= 4 is 29.9 Å². The molecule has 1 rings (SSSR count). The zero-order valence-corrected chi connectivity index (χ0v) is 16.6. The first kappa shape index (κ1) is 21.9. The number of methoxy groups -OCH3 is 1. The highest BCUT2D eigenvalue weighted by atomic mass is 127. The Morgan fingerprint density at radius 2 is 2.05 bits per heavy atom. The quantitative estimate of drug-likeness (QED) is 0.278. The summed E-state index contributed by atoms with van der Waals surface area (Å²) in [6.45, 7) is 8.86. The summed E-state index contributed by atoms with van der Waals surface area (Å²) in [7, 11) is 1.68. The summed E-state index contributed by atoms with van der Waals surface area (Å²) in [5, 5.41) is 16.2. The van der Waals surface area contributed by atoms with E-state index in [1.165, 1.54) is 12.8 Å². The van der Waals surface area contributed by atoms with Crippen molar-refractivity contribution in [3.05, 3.63) is 0 Å². The molecule has 0 radical (unpaired) electrons. The Hall–Kier alpha value is -0.120. The number of ether oxygens (including phenoxy) is 2. The van der Waals surface area contributed by atoms with Gasteiger partial charge in [-0.2, -0.15) is 0 Å². The van der Waals surface area contributed by atoms with E-state index < -0.39 is 6.10 Å². The summed E-state index contributed by atoms with van der Waals surface area (Å²) in [6.07, 6.45) is 2.00. The highest BCUT2D eigenvalue weighted by Gasteiger charge is 2.21. The molecule has 0 amide bonds. The molecule has 0 aromatic heterocycles. The Kier molecular flexibility index (Phi) is 11.4. The Balaban J connectivity index is 0.00000441. The zero-order valence-electron chi connectivity index (χ0n) is 14.2. The van der Waals surface area contributed by atoms with Crippen LogP contribution in [0.15, 0.2) is 4.99 Å². The van der Waals surface area contributed by atoms with Gasteiger partial charge in [0, 0.05) is 26.8 Å². The molecule has 1 fully saturated rings. The van der Waals surface area contributed by atoms with Crippen molar-refractivity contribution in [1.82, 2.24) is 10.6 Å². The van der Waals surface area contributed by atoms with Crippen LogP contribution in [0.4, 0.5) is 0 Å². The second-order valence-electron chi connectivity index (χ2n) is 6.17. The molecule has 0 aromatic carbocycles. The summed E-state index contributed by atoms with van der Waals surface area (Å²) in [5.41, 5.74) is -0.297. The van der Waals surface area contributed by atoms with Gasteiger partial charge < -0.3 is 25.2 Å². The van der Waals surface area contributed by atoms with Gasteiger partial charge >= 0.3 is 0 Å². The molecule has 0 aromatic rings. The number of halogens is 1. The Bertz CT molecular complexity index is 323. The maximum atomic E-state index is 9.88. The van der Waals surface area contributed by atoms with Crippen molar-refractivity contribution < 1.29 is 14.6 Å². The van der Waals surface area contributed by atoms with Crippen LogP contribution in [0.1, 0.15) is 33.6 Å². The molecule has 0 aliphatic heterocycles. The summed E-state index contributed by atoms with van der Waals surface area (Å²) in [5.74, 6) is 1.41. The number of aliphatic hydroxyl groups excluding tert-OH is 1. The number of hydrogen-bond donors (Lipinski definition) is 3. The SMILES string of the molecule is CCNC(=NCC(C)(C)OC)NCC(O)COCC1CC1.I. The lowest BCUT2D eigenvalue weighted by molar-refractivity contribution is 0.0306. The van der Waals surface area contributed by atoms with E-state index in [4.69, 9.17) is 9.47 Å². The number of rotatable bonds is 10. The minimum absolute atomic E-state index is 0. The molecule has 0 heterocycles. The number of hydrogen-bond acceptors (Lipinski definition) is 4.